The van der Waals surface area contributed by atoms with Gasteiger partial charge in [0.25, 0.3) is 17.5 Å². The molecular weight excluding hydrogens is 302 g/mol. The van der Waals surface area contributed by atoms with Crippen molar-refractivity contribution in [2.45, 2.75) is 12.2 Å². The van der Waals surface area contributed by atoms with Gasteiger partial charge in [0.1, 0.15) is 0 Å². The molecule has 3 aliphatic rings. The molecule has 0 aliphatic carbocycles. The first kappa shape index (κ1) is 13.8. The fourth-order valence-electron chi connectivity index (χ4n) is 3.24. The number of hydrazone groups is 1. The van der Waals surface area contributed by atoms with Gasteiger partial charge < -0.3 is 4.74 Å². The minimum atomic E-state index is -0.519. The summed E-state index contributed by atoms with van der Waals surface area (Å²) in [6, 6.07) is 5.80. The number of carbonyl (C=O) groups is 2. The second kappa shape index (κ2) is 4.82. The van der Waals surface area contributed by atoms with Crippen molar-refractivity contribution in [1.29, 1.82) is 0 Å². The molecule has 116 valence electrons. The van der Waals surface area contributed by atoms with E-state index in [0.29, 0.717) is 5.56 Å². The van der Waals surface area contributed by atoms with Crippen molar-refractivity contribution in [1.82, 2.24) is 5.01 Å². The Bertz CT molecular complexity index is 757. The topological polar surface area (TPSA) is 102 Å². The minimum Gasteiger partial charge on any atom is -0.365 e. The van der Waals surface area contributed by atoms with Gasteiger partial charge in [-0.25, -0.2) is 0 Å². The lowest BCUT2D eigenvalue weighted by Crippen LogP contribution is -2.30. The summed E-state index contributed by atoms with van der Waals surface area (Å²) in [4.78, 5) is 34.9. The van der Waals surface area contributed by atoms with Gasteiger partial charge in [-0.05, 0) is 0 Å². The lowest BCUT2D eigenvalue weighted by atomic mass is 9.85. The molecule has 2 amide bonds. The Morgan fingerprint density at radius 2 is 1.83 bits per heavy atom. The van der Waals surface area contributed by atoms with Gasteiger partial charge in [0, 0.05) is 17.7 Å². The number of nitro benzene ring substituents is 1. The zero-order valence-electron chi connectivity index (χ0n) is 11.7. The van der Waals surface area contributed by atoms with Gasteiger partial charge in [-0.1, -0.05) is 24.3 Å². The van der Waals surface area contributed by atoms with Crippen LogP contribution < -0.4 is 0 Å². The van der Waals surface area contributed by atoms with Crippen LogP contribution in [0.5, 0.6) is 0 Å². The highest BCUT2D eigenvalue weighted by atomic mass is 16.6. The van der Waals surface area contributed by atoms with Crippen LogP contribution in [-0.4, -0.2) is 40.2 Å². The maximum Gasteiger partial charge on any atom is 0.270 e. The molecule has 1 aromatic rings. The zero-order valence-corrected chi connectivity index (χ0v) is 11.7. The highest BCUT2D eigenvalue weighted by Crippen LogP contribution is 2.45. The number of fused-ring (bicyclic) bond motifs is 5. The Hall–Kier alpha value is -2.87. The number of non-ortho nitro benzene ring substituents is 1. The monoisotopic (exact) mass is 313 g/mol. The van der Waals surface area contributed by atoms with E-state index in [1.807, 2.05) is 0 Å². The van der Waals surface area contributed by atoms with Crippen LogP contribution in [0.2, 0.25) is 0 Å². The van der Waals surface area contributed by atoms with Crippen LogP contribution in [0.1, 0.15) is 5.56 Å². The SMILES string of the molecule is O=C1C2C3C=CC(O3)C2C(=O)N1/N=C/c1cccc([N+](=O)[O-])c1. The maximum atomic E-state index is 12.4. The van der Waals surface area contributed by atoms with Crippen molar-refractivity contribution in [3.63, 3.8) is 0 Å². The average molecular weight is 313 g/mol. The number of ether oxygens (including phenoxy) is 1. The summed E-state index contributed by atoms with van der Waals surface area (Å²) in [5.74, 6) is -1.81. The van der Waals surface area contributed by atoms with E-state index < -0.39 is 28.6 Å². The number of benzene rings is 1. The summed E-state index contributed by atoms with van der Waals surface area (Å²) in [5, 5.41) is 15.5. The van der Waals surface area contributed by atoms with Gasteiger partial charge in [-0.3, -0.25) is 19.7 Å². The van der Waals surface area contributed by atoms with Crippen LogP contribution in [0.15, 0.2) is 41.5 Å². The maximum absolute atomic E-state index is 12.4. The van der Waals surface area contributed by atoms with Crippen molar-refractivity contribution in [3.8, 4) is 0 Å². The molecule has 1 aromatic carbocycles. The number of nitro groups is 1. The second-order valence-corrected chi connectivity index (χ2v) is 5.59. The lowest BCUT2D eigenvalue weighted by Gasteiger charge is -2.11. The van der Waals surface area contributed by atoms with Gasteiger partial charge in [0.15, 0.2) is 0 Å². The molecule has 0 radical (unpaired) electrons. The van der Waals surface area contributed by atoms with E-state index in [9.17, 15) is 19.7 Å². The Kier molecular flexibility index (Phi) is 2.88. The lowest BCUT2D eigenvalue weighted by molar-refractivity contribution is -0.384. The number of rotatable bonds is 3. The van der Waals surface area contributed by atoms with Crippen LogP contribution in [0.4, 0.5) is 5.69 Å². The third-order valence-corrected chi connectivity index (χ3v) is 4.29. The van der Waals surface area contributed by atoms with E-state index in [4.69, 9.17) is 4.74 Å². The molecule has 0 aromatic heterocycles. The van der Waals surface area contributed by atoms with Crippen molar-refractivity contribution < 1.29 is 19.2 Å². The fourth-order valence-corrected chi connectivity index (χ4v) is 3.24. The Morgan fingerprint density at radius 3 is 2.43 bits per heavy atom. The first-order valence-electron chi connectivity index (χ1n) is 7.06. The first-order chi connectivity index (χ1) is 11.1. The molecule has 2 saturated heterocycles. The summed E-state index contributed by atoms with van der Waals surface area (Å²) in [5.41, 5.74) is 0.356. The van der Waals surface area contributed by atoms with Crippen molar-refractivity contribution in [2.24, 2.45) is 16.9 Å². The van der Waals surface area contributed by atoms with Gasteiger partial charge in [0.05, 0.1) is 35.2 Å². The van der Waals surface area contributed by atoms with Crippen LogP contribution in [0, 0.1) is 22.0 Å². The molecule has 4 rings (SSSR count). The van der Waals surface area contributed by atoms with Crippen molar-refractivity contribution >= 4 is 23.7 Å². The molecule has 23 heavy (non-hydrogen) atoms. The molecule has 4 atom stereocenters. The molecule has 8 nitrogen and oxygen atoms in total. The fraction of sp³-hybridized carbons (Fsp3) is 0.267. The predicted octanol–water partition coefficient (Wildman–Crippen LogP) is 0.867. The largest absolute Gasteiger partial charge is 0.365 e. The van der Waals surface area contributed by atoms with Crippen LogP contribution in [-0.2, 0) is 14.3 Å². The minimum absolute atomic E-state index is 0.0828. The molecule has 0 saturated carbocycles. The number of nitrogens with zero attached hydrogens (tertiary/aromatic N) is 3. The van der Waals surface area contributed by atoms with Gasteiger partial charge in [-0.2, -0.15) is 10.1 Å². The van der Waals surface area contributed by atoms with Crippen LogP contribution in [0.25, 0.3) is 0 Å². The standard InChI is InChI=1S/C15H11N3O5/c19-14-12-10-4-5-11(23-10)13(12)15(20)17(14)16-7-8-2-1-3-9(6-8)18(21)22/h1-7,10-13H/b16-7+. The smallest absolute Gasteiger partial charge is 0.270 e. The molecule has 4 unspecified atom stereocenters. The normalized spacial score (nSPS) is 31.4. The van der Waals surface area contributed by atoms with E-state index in [2.05, 4.69) is 5.10 Å². The van der Waals surface area contributed by atoms with Gasteiger partial charge in [-0.15, -0.1) is 0 Å². The Morgan fingerprint density at radius 1 is 1.17 bits per heavy atom. The Balaban J connectivity index is 1.58. The van der Waals surface area contributed by atoms with Crippen LogP contribution in [0.3, 0.4) is 0 Å². The highest BCUT2D eigenvalue weighted by Gasteiger charge is 2.61. The summed E-state index contributed by atoms with van der Waals surface area (Å²) in [6.07, 6.45) is 4.15. The quantitative estimate of drug-likeness (QED) is 0.271. The highest BCUT2D eigenvalue weighted by molar-refractivity contribution is 6.07. The number of hydrogen-bond acceptors (Lipinski definition) is 6. The second-order valence-electron chi connectivity index (χ2n) is 5.59. The molecule has 8 heteroatoms. The van der Waals surface area contributed by atoms with Crippen molar-refractivity contribution in [2.75, 3.05) is 0 Å². The predicted molar refractivity (Wildman–Crippen MR) is 77.3 cm³/mol. The molecule has 2 fully saturated rings. The number of hydrogen-bond donors (Lipinski definition) is 0. The van der Waals surface area contributed by atoms with Crippen LogP contribution >= 0.6 is 0 Å². The zero-order chi connectivity index (χ0) is 16.1. The first-order valence-corrected chi connectivity index (χ1v) is 7.06. The van der Waals surface area contributed by atoms with E-state index in [-0.39, 0.29) is 17.9 Å². The molecule has 3 aliphatic heterocycles. The third kappa shape index (κ3) is 1.99. The third-order valence-electron chi connectivity index (χ3n) is 4.29. The number of amides is 2. The van der Waals surface area contributed by atoms with E-state index in [0.717, 1.165) is 5.01 Å². The van der Waals surface area contributed by atoms with E-state index in [1.54, 1.807) is 18.2 Å². The average Bonchev–Trinajstić information content (AvgIpc) is 3.21. The van der Waals surface area contributed by atoms with E-state index in [1.165, 1.54) is 24.4 Å². The molecule has 3 heterocycles. The number of imide groups is 1. The van der Waals surface area contributed by atoms with Gasteiger partial charge >= 0.3 is 0 Å². The number of carbonyl (C=O) groups excluding carboxylic acids is 2. The summed E-state index contributed by atoms with van der Waals surface area (Å²) in [7, 11) is 0. The van der Waals surface area contributed by atoms with E-state index >= 15 is 0 Å². The summed E-state index contributed by atoms with van der Waals surface area (Å²) < 4.78 is 5.53. The van der Waals surface area contributed by atoms with Gasteiger partial charge in [0.2, 0.25) is 0 Å². The van der Waals surface area contributed by atoms with Crippen molar-refractivity contribution in [3.05, 3.63) is 52.1 Å². The molecule has 0 spiro atoms. The molecule has 0 N–H and O–H groups in total. The molecule has 2 bridgehead atoms. The summed E-state index contributed by atoms with van der Waals surface area (Å²) >= 11 is 0. The molecular formula is C15H11N3O5. The summed E-state index contributed by atoms with van der Waals surface area (Å²) in [6.45, 7) is 0. The Labute approximate surface area is 130 Å².